The minimum absolute atomic E-state index is 0.749. The Kier molecular flexibility index (Phi) is 20.9. The van der Waals surface area contributed by atoms with Crippen LogP contribution in [0, 0.1) is 0 Å². The fourth-order valence-corrected chi connectivity index (χ4v) is 8.89. The number of carbonyl (C=O) groups is 3. The first-order valence-corrected chi connectivity index (χ1v) is 22.0. The van der Waals surface area contributed by atoms with Crippen molar-refractivity contribution in [3.63, 3.8) is 0 Å². The maximum Gasteiger partial charge on any atom is 0.364 e. The quantitative estimate of drug-likeness (QED) is 0.0538. The van der Waals surface area contributed by atoms with Crippen molar-refractivity contribution in [2.24, 2.45) is 0 Å². The predicted octanol–water partition coefficient (Wildman–Crippen LogP) is -11.1. The second-order valence-corrected chi connectivity index (χ2v) is 17.3. The molecule has 0 bridgehead atoms. The minimum atomic E-state index is -3.19. The van der Waals surface area contributed by atoms with Crippen molar-refractivity contribution in [3.8, 4) is 0 Å². The van der Waals surface area contributed by atoms with Gasteiger partial charge < -0.3 is 139 Å². The number of carboxylic acids is 1. The molecule has 0 spiro atoms. The van der Waals surface area contributed by atoms with Crippen molar-refractivity contribution < 1.29 is 143 Å². The number of carbonyl (C=O) groups excluding carboxylic acids is 2. The summed E-state index contributed by atoms with van der Waals surface area (Å²) in [5.74, 6) is -6.92. The fourth-order valence-electron chi connectivity index (χ4n) is 8.89. The van der Waals surface area contributed by atoms with Gasteiger partial charge in [-0.25, -0.2) is 4.79 Å². The Bertz CT molecular complexity index is 1670. The molecule has 5 heterocycles. The smallest absolute Gasteiger partial charge is 0.364 e. The zero-order valence-corrected chi connectivity index (χ0v) is 38.1. The number of amides is 2. The van der Waals surface area contributed by atoms with Gasteiger partial charge in [-0.05, 0) is 0 Å². The Morgan fingerprint density at radius 3 is 1.67 bits per heavy atom. The number of rotatable bonds is 20. The molecule has 406 valence electrons. The Morgan fingerprint density at radius 1 is 0.600 bits per heavy atom. The Balaban J connectivity index is 1.51. The van der Waals surface area contributed by atoms with E-state index in [-0.39, 0.29) is 0 Å². The van der Waals surface area contributed by atoms with Crippen molar-refractivity contribution in [3.05, 3.63) is 0 Å². The summed E-state index contributed by atoms with van der Waals surface area (Å²) in [5, 5.41) is 166. The highest BCUT2D eigenvalue weighted by Crippen LogP contribution is 2.39. The molecule has 5 rings (SSSR count). The van der Waals surface area contributed by atoms with Gasteiger partial charge in [0.1, 0.15) is 116 Å². The van der Waals surface area contributed by atoms with Crippen molar-refractivity contribution in [2.75, 3.05) is 47.3 Å². The van der Waals surface area contributed by atoms with Gasteiger partial charge in [-0.2, -0.15) is 0 Å². The summed E-state index contributed by atoms with van der Waals surface area (Å²) in [6.45, 7) is -2.69. The third kappa shape index (κ3) is 12.5. The van der Waals surface area contributed by atoms with Crippen LogP contribution >= 0.6 is 0 Å². The summed E-state index contributed by atoms with van der Waals surface area (Å²) < 4.78 is 62.3. The number of aliphatic hydroxyl groups is 14. The fraction of sp³-hybridized carbons (Fsp3) is 0.923. The van der Waals surface area contributed by atoms with Crippen LogP contribution in [0.3, 0.4) is 0 Å². The highest BCUT2D eigenvalue weighted by molar-refractivity contribution is 5.76. The van der Waals surface area contributed by atoms with Gasteiger partial charge in [0.05, 0.1) is 45.2 Å². The molecule has 0 radical (unpaired) electrons. The molecule has 5 saturated heterocycles. The number of aliphatic carboxylic acids is 1. The third-order valence-corrected chi connectivity index (χ3v) is 12.5. The molecule has 2 amide bonds. The number of ether oxygens (including phenoxy) is 11. The van der Waals surface area contributed by atoms with Gasteiger partial charge >= 0.3 is 5.97 Å². The maximum absolute atomic E-state index is 13.1. The van der Waals surface area contributed by atoms with Crippen molar-refractivity contribution >= 4 is 17.8 Å². The molecule has 25 unspecified atom stereocenters. The summed E-state index contributed by atoms with van der Waals surface area (Å²) in [5.41, 5.74) is 0. The largest absolute Gasteiger partial charge is 0.477 e. The zero-order valence-electron chi connectivity index (χ0n) is 38.1. The van der Waals surface area contributed by atoms with Crippen LogP contribution in [0.5, 0.6) is 0 Å². The van der Waals surface area contributed by atoms with E-state index >= 15 is 0 Å². The lowest BCUT2D eigenvalue weighted by Crippen LogP contribution is -2.71. The number of carboxylic acid groups (broad SMARTS) is 1. The first kappa shape index (κ1) is 58.3. The standard InChI is InChI=1S/C39H66N2O29/c1-11(46)40-19-13(48)5-39(38(58)59,69-31(19)21(50)14(49)6-42)70-33-23(52)16(8-44)64-37(28(33)57)67-30-18(10-62-36-26(55)25(54)29(60-3)17(9-45)65-36)66-34(20(24(30)53)41-12(2)47)68-32-22(51)15(7-43)63-35(61-4)27(32)56/h13-37,42-45,48-57H,5-10H2,1-4H3,(H,40,46)(H,41,47)(H,58,59)/t13?,14-,15?,16?,17?,18?,19?,20?,21?,22?,23?,24?,25?,26?,27?,28?,29?,30?,31?,32?,33?,34?,35?,36?,37?,39?/m1/s1. The number of nitrogens with one attached hydrogen (secondary N) is 2. The van der Waals surface area contributed by atoms with Crippen LogP contribution in [0.15, 0.2) is 0 Å². The van der Waals surface area contributed by atoms with Gasteiger partial charge in [-0.15, -0.1) is 0 Å². The molecule has 17 N–H and O–H groups in total. The van der Waals surface area contributed by atoms with E-state index in [0.29, 0.717) is 0 Å². The number of hydrogen-bond acceptors (Lipinski definition) is 28. The summed E-state index contributed by atoms with van der Waals surface area (Å²) >= 11 is 0. The maximum atomic E-state index is 13.1. The van der Waals surface area contributed by atoms with Crippen LogP contribution in [0.2, 0.25) is 0 Å². The monoisotopic (exact) mass is 1030 g/mol. The molecule has 5 fully saturated rings. The average Bonchev–Trinajstić information content (AvgIpc) is 3.32. The number of hydrogen-bond donors (Lipinski definition) is 17. The van der Waals surface area contributed by atoms with E-state index in [1.165, 1.54) is 7.11 Å². The molecule has 31 heteroatoms. The lowest BCUT2D eigenvalue weighted by atomic mass is 9.88. The Morgan fingerprint density at radius 2 is 1.13 bits per heavy atom. The minimum Gasteiger partial charge on any atom is -0.477 e. The van der Waals surface area contributed by atoms with E-state index in [4.69, 9.17) is 52.1 Å². The normalized spacial score (nSPS) is 45.6. The third-order valence-electron chi connectivity index (χ3n) is 12.5. The van der Waals surface area contributed by atoms with Gasteiger partial charge in [-0.3, -0.25) is 9.59 Å². The van der Waals surface area contributed by atoms with Crippen LogP contribution < -0.4 is 10.6 Å². The van der Waals surface area contributed by atoms with Crippen molar-refractivity contribution in [1.29, 1.82) is 0 Å². The summed E-state index contributed by atoms with van der Waals surface area (Å²) in [4.78, 5) is 37.8. The van der Waals surface area contributed by atoms with Gasteiger partial charge in [-0.1, -0.05) is 0 Å². The van der Waals surface area contributed by atoms with Gasteiger partial charge in [0, 0.05) is 34.5 Å². The first-order chi connectivity index (χ1) is 33.0. The molecule has 5 aliphatic heterocycles. The Labute approximate surface area is 397 Å². The molecule has 0 aromatic rings. The molecule has 0 saturated carbocycles. The molecule has 5 aliphatic rings. The van der Waals surface area contributed by atoms with Gasteiger partial charge in [0.15, 0.2) is 25.2 Å². The zero-order chi connectivity index (χ0) is 52.1. The van der Waals surface area contributed by atoms with Gasteiger partial charge in [0.25, 0.3) is 5.79 Å². The molecule has 0 aromatic carbocycles. The lowest BCUT2D eigenvalue weighted by molar-refractivity contribution is -0.389. The van der Waals surface area contributed by atoms with Crippen LogP contribution in [-0.2, 0) is 66.5 Å². The molecule has 31 nitrogen and oxygen atoms in total. The average molecular weight is 1030 g/mol. The highest BCUT2D eigenvalue weighted by Gasteiger charge is 2.61. The second kappa shape index (κ2) is 25.1. The highest BCUT2D eigenvalue weighted by atomic mass is 16.8. The molecule has 70 heavy (non-hydrogen) atoms. The summed E-state index contributed by atoms with van der Waals surface area (Å²) in [6, 6.07) is -3.44. The SMILES string of the molecule is COC1OC(CO)C(O)C(OC2OC(COC3OC(CO)C(OC)C(O)C3O)C(OC3OC(CO)C(O)C(OC4(C(=O)O)CC(O)C(NC(C)=O)C(C(O)[C@H](O)CO)O4)C3O)C(O)C2NC(C)=O)C1O. The number of aliphatic hydroxyl groups excluding tert-OH is 14. The van der Waals surface area contributed by atoms with Gasteiger partial charge in [0.2, 0.25) is 11.8 Å². The van der Waals surface area contributed by atoms with Crippen molar-refractivity contribution in [1.82, 2.24) is 10.6 Å². The topological polar surface area (TPSA) is 480 Å². The van der Waals surface area contributed by atoms with Crippen LogP contribution in [0.25, 0.3) is 0 Å². The second-order valence-electron chi connectivity index (χ2n) is 17.3. The molecule has 0 aliphatic carbocycles. The lowest BCUT2D eigenvalue weighted by Gasteiger charge is -2.51. The van der Waals surface area contributed by atoms with Crippen LogP contribution in [0.4, 0.5) is 0 Å². The summed E-state index contributed by atoms with van der Waals surface area (Å²) in [7, 11) is 2.30. The van der Waals surface area contributed by atoms with E-state index in [0.717, 1.165) is 21.0 Å². The van der Waals surface area contributed by atoms with E-state index in [9.17, 15) is 91.0 Å². The van der Waals surface area contributed by atoms with Crippen LogP contribution in [0.1, 0.15) is 20.3 Å². The van der Waals surface area contributed by atoms with E-state index in [1.807, 2.05) is 0 Å². The van der Waals surface area contributed by atoms with E-state index in [1.54, 1.807) is 0 Å². The summed E-state index contributed by atoms with van der Waals surface area (Å²) in [6.07, 6.45) is -44.6. The Hall–Kier alpha value is -2.59. The molecular formula is C39H66N2O29. The van der Waals surface area contributed by atoms with Crippen LogP contribution in [-0.4, -0.2) is 301 Å². The molecule has 26 atom stereocenters. The van der Waals surface area contributed by atoms with E-state index < -0.39 is 216 Å². The van der Waals surface area contributed by atoms with Crippen molar-refractivity contribution in [2.45, 2.75) is 179 Å². The molecular weight excluding hydrogens is 960 g/mol. The molecule has 0 aromatic heterocycles. The first-order valence-electron chi connectivity index (χ1n) is 22.0. The van der Waals surface area contributed by atoms with E-state index in [2.05, 4.69) is 10.6 Å². The predicted molar refractivity (Wildman–Crippen MR) is 216 cm³/mol. The number of methoxy groups -OCH3 is 2.